The number of nitrogens with zero attached hydrogens (tertiary/aromatic N) is 1. The Labute approximate surface area is 134 Å². The molecule has 1 aliphatic rings. The molecule has 5 heteroatoms. The van der Waals surface area contributed by atoms with Crippen LogP contribution in [0.5, 0.6) is 5.75 Å². The number of carbonyl (C=O) groups is 2. The molecule has 23 heavy (non-hydrogen) atoms. The van der Waals surface area contributed by atoms with Crippen molar-refractivity contribution in [3.05, 3.63) is 65.7 Å². The summed E-state index contributed by atoms with van der Waals surface area (Å²) in [4.78, 5) is 26.3. The molecule has 0 aromatic heterocycles. The molecule has 118 valence electrons. The molecule has 1 fully saturated rings. The summed E-state index contributed by atoms with van der Waals surface area (Å²) in [5.74, 6) is 0.442. The molecule has 0 bridgehead atoms. The SMILES string of the molecule is COc1cccc(CN2C(=O)NC(C)(c3ccccc3)C2=O)c1. The number of imide groups is 1. The highest BCUT2D eigenvalue weighted by atomic mass is 16.5. The quantitative estimate of drug-likeness (QED) is 0.883. The number of benzene rings is 2. The summed E-state index contributed by atoms with van der Waals surface area (Å²) in [5.41, 5.74) is 0.577. The summed E-state index contributed by atoms with van der Waals surface area (Å²) < 4.78 is 5.18. The van der Waals surface area contributed by atoms with Crippen molar-refractivity contribution >= 4 is 11.9 Å². The first-order valence-electron chi connectivity index (χ1n) is 7.37. The van der Waals surface area contributed by atoms with Gasteiger partial charge in [0.25, 0.3) is 5.91 Å². The predicted molar refractivity (Wildman–Crippen MR) is 85.9 cm³/mol. The molecule has 1 atom stereocenters. The number of carbonyl (C=O) groups excluding carboxylic acids is 2. The second kappa shape index (κ2) is 5.76. The van der Waals surface area contributed by atoms with Crippen LogP contribution >= 0.6 is 0 Å². The average molecular weight is 310 g/mol. The van der Waals surface area contributed by atoms with Gasteiger partial charge in [0, 0.05) is 0 Å². The van der Waals surface area contributed by atoms with E-state index in [0.717, 1.165) is 11.1 Å². The zero-order valence-electron chi connectivity index (χ0n) is 13.1. The molecule has 2 aromatic carbocycles. The fourth-order valence-electron chi connectivity index (χ4n) is 2.76. The zero-order chi connectivity index (χ0) is 16.4. The maximum Gasteiger partial charge on any atom is 0.325 e. The van der Waals surface area contributed by atoms with Crippen LogP contribution in [0.15, 0.2) is 54.6 Å². The summed E-state index contributed by atoms with van der Waals surface area (Å²) in [7, 11) is 1.58. The standard InChI is InChI=1S/C18H18N2O3/c1-18(14-8-4-3-5-9-14)16(21)20(17(22)19-18)12-13-7-6-10-15(11-13)23-2/h3-11H,12H2,1-2H3,(H,19,22). The number of methoxy groups -OCH3 is 1. The van der Waals surface area contributed by atoms with Crippen molar-refractivity contribution in [2.24, 2.45) is 0 Å². The number of urea groups is 1. The van der Waals surface area contributed by atoms with Crippen LogP contribution in [0.1, 0.15) is 18.1 Å². The van der Waals surface area contributed by atoms with Gasteiger partial charge in [-0.2, -0.15) is 0 Å². The Kier molecular flexibility index (Phi) is 3.78. The van der Waals surface area contributed by atoms with Gasteiger partial charge in [0.2, 0.25) is 0 Å². The largest absolute Gasteiger partial charge is 0.497 e. The van der Waals surface area contributed by atoms with Gasteiger partial charge in [-0.3, -0.25) is 9.69 Å². The minimum atomic E-state index is -1.03. The maximum atomic E-state index is 12.8. The first-order valence-corrected chi connectivity index (χ1v) is 7.37. The minimum Gasteiger partial charge on any atom is -0.497 e. The second-order valence-electron chi connectivity index (χ2n) is 5.66. The fourth-order valence-corrected chi connectivity index (χ4v) is 2.76. The van der Waals surface area contributed by atoms with E-state index in [1.807, 2.05) is 54.6 Å². The maximum absolute atomic E-state index is 12.8. The first kappa shape index (κ1) is 15.1. The van der Waals surface area contributed by atoms with E-state index in [2.05, 4.69) is 5.32 Å². The number of ether oxygens (including phenoxy) is 1. The summed E-state index contributed by atoms with van der Waals surface area (Å²) in [6, 6.07) is 16.2. The number of rotatable bonds is 4. The van der Waals surface area contributed by atoms with Crippen LogP contribution in [-0.2, 0) is 16.9 Å². The average Bonchev–Trinajstić information content (AvgIpc) is 2.80. The van der Waals surface area contributed by atoms with E-state index in [4.69, 9.17) is 4.74 Å². The number of nitrogens with one attached hydrogen (secondary N) is 1. The lowest BCUT2D eigenvalue weighted by molar-refractivity contribution is -0.131. The van der Waals surface area contributed by atoms with Gasteiger partial charge in [-0.25, -0.2) is 4.79 Å². The van der Waals surface area contributed by atoms with Crippen molar-refractivity contribution in [2.45, 2.75) is 19.0 Å². The molecule has 1 N–H and O–H groups in total. The molecular weight excluding hydrogens is 292 g/mol. The lowest BCUT2D eigenvalue weighted by Gasteiger charge is -2.22. The van der Waals surface area contributed by atoms with E-state index in [0.29, 0.717) is 5.75 Å². The molecule has 1 unspecified atom stereocenters. The summed E-state index contributed by atoms with van der Waals surface area (Å²) in [6.07, 6.45) is 0. The Morgan fingerprint density at radius 3 is 2.52 bits per heavy atom. The third-order valence-electron chi connectivity index (χ3n) is 4.10. The number of amides is 3. The van der Waals surface area contributed by atoms with Crippen molar-refractivity contribution in [1.82, 2.24) is 10.2 Å². The van der Waals surface area contributed by atoms with Crippen LogP contribution in [0.4, 0.5) is 4.79 Å². The zero-order valence-corrected chi connectivity index (χ0v) is 13.1. The van der Waals surface area contributed by atoms with E-state index < -0.39 is 5.54 Å². The molecule has 1 heterocycles. The van der Waals surface area contributed by atoms with Crippen molar-refractivity contribution < 1.29 is 14.3 Å². The van der Waals surface area contributed by atoms with Gasteiger partial charge in [0.15, 0.2) is 0 Å². The number of hydrogen-bond acceptors (Lipinski definition) is 3. The molecule has 2 aromatic rings. The van der Waals surface area contributed by atoms with E-state index in [9.17, 15) is 9.59 Å². The first-order chi connectivity index (χ1) is 11.0. The molecule has 0 aliphatic carbocycles. The topological polar surface area (TPSA) is 58.6 Å². The molecule has 3 amide bonds. The van der Waals surface area contributed by atoms with Crippen LogP contribution in [0.25, 0.3) is 0 Å². The third-order valence-corrected chi connectivity index (χ3v) is 4.10. The highest BCUT2D eigenvalue weighted by molar-refractivity contribution is 6.07. The molecule has 1 saturated heterocycles. The van der Waals surface area contributed by atoms with E-state index in [1.165, 1.54) is 4.90 Å². The van der Waals surface area contributed by atoms with Crippen LogP contribution in [0, 0.1) is 0 Å². The summed E-state index contributed by atoms with van der Waals surface area (Å²) >= 11 is 0. The van der Waals surface area contributed by atoms with E-state index in [-0.39, 0.29) is 18.5 Å². The van der Waals surface area contributed by atoms with Crippen molar-refractivity contribution in [3.8, 4) is 5.75 Å². The Bertz CT molecular complexity index is 745. The molecule has 0 saturated carbocycles. The highest BCUT2D eigenvalue weighted by Gasteiger charge is 2.48. The smallest absolute Gasteiger partial charge is 0.325 e. The molecule has 1 aliphatic heterocycles. The van der Waals surface area contributed by atoms with Crippen LogP contribution in [-0.4, -0.2) is 23.9 Å². The summed E-state index contributed by atoms with van der Waals surface area (Å²) in [6.45, 7) is 1.94. The summed E-state index contributed by atoms with van der Waals surface area (Å²) in [5, 5.41) is 2.80. The van der Waals surface area contributed by atoms with Crippen LogP contribution in [0.2, 0.25) is 0 Å². The van der Waals surface area contributed by atoms with Crippen molar-refractivity contribution in [2.75, 3.05) is 7.11 Å². The molecular formula is C18H18N2O3. The Balaban J connectivity index is 1.87. The Morgan fingerprint density at radius 1 is 1.09 bits per heavy atom. The van der Waals surface area contributed by atoms with Gasteiger partial charge in [-0.15, -0.1) is 0 Å². The van der Waals surface area contributed by atoms with E-state index >= 15 is 0 Å². The van der Waals surface area contributed by atoms with Gasteiger partial charge in [-0.1, -0.05) is 42.5 Å². The third kappa shape index (κ3) is 2.65. The number of hydrogen-bond donors (Lipinski definition) is 1. The minimum absolute atomic E-state index is 0.213. The van der Waals surface area contributed by atoms with E-state index in [1.54, 1.807) is 14.0 Å². The predicted octanol–water partition coefficient (Wildman–Crippen LogP) is 2.66. The monoisotopic (exact) mass is 310 g/mol. The van der Waals surface area contributed by atoms with Gasteiger partial charge in [-0.05, 0) is 30.2 Å². The van der Waals surface area contributed by atoms with Crippen molar-refractivity contribution in [3.63, 3.8) is 0 Å². The van der Waals surface area contributed by atoms with Crippen LogP contribution in [0.3, 0.4) is 0 Å². The highest BCUT2D eigenvalue weighted by Crippen LogP contribution is 2.29. The molecule has 0 spiro atoms. The molecule has 0 radical (unpaired) electrons. The van der Waals surface area contributed by atoms with Crippen LogP contribution < -0.4 is 10.1 Å². The van der Waals surface area contributed by atoms with Gasteiger partial charge in [0.1, 0.15) is 11.3 Å². The molecule has 3 rings (SSSR count). The molecule has 5 nitrogen and oxygen atoms in total. The lowest BCUT2D eigenvalue weighted by Crippen LogP contribution is -2.40. The van der Waals surface area contributed by atoms with Crippen molar-refractivity contribution in [1.29, 1.82) is 0 Å². The lowest BCUT2D eigenvalue weighted by atomic mass is 9.92. The normalized spacial score (nSPS) is 20.5. The van der Waals surface area contributed by atoms with Gasteiger partial charge >= 0.3 is 6.03 Å². The fraction of sp³-hybridized carbons (Fsp3) is 0.222. The Hall–Kier alpha value is -2.82. The van der Waals surface area contributed by atoms with Gasteiger partial charge in [0.05, 0.1) is 13.7 Å². The Morgan fingerprint density at radius 2 is 1.83 bits per heavy atom. The second-order valence-corrected chi connectivity index (χ2v) is 5.66. The van der Waals surface area contributed by atoms with Gasteiger partial charge < -0.3 is 10.1 Å².